The maximum atomic E-state index is 14.2. The maximum Gasteiger partial charge on any atom is 0.309 e. The van der Waals surface area contributed by atoms with Crippen LogP contribution in [0, 0.1) is 39.9 Å². The SMILES string of the molecule is C=C1C(=O)[C@]23[C@H](OC(=O)C4CCN(S(=O)(=O)CCCC)CC4)[C@H]1CC[C@H]2[C@@]12CO[C@@]3(O)[C@@H](O)[C@@H]1C(C)(C)CCC2=O. The lowest BCUT2D eigenvalue weighted by atomic mass is 9.36. The van der Waals surface area contributed by atoms with Gasteiger partial charge in [0.1, 0.15) is 23.4 Å². The van der Waals surface area contributed by atoms with Gasteiger partial charge in [-0.15, -0.1) is 0 Å². The van der Waals surface area contributed by atoms with Crippen molar-refractivity contribution in [2.75, 3.05) is 25.4 Å². The van der Waals surface area contributed by atoms with E-state index in [2.05, 4.69) is 6.58 Å². The van der Waals surface area contributed by atoms with Gasteiger partial charge in [0.05, 0.1) is 23.7 Å². The molecule has 4 bridgehead atoms. The third-order valence-electron chi connectivity index (χ3n) is 11.8. The van der Waals surface area contributed by atoms with Gasteiger partial charge in [0, 0.05) is 31.3 Å². The number of aliphatic hydroxyl groups is 2. The number of nitrogens with zero attached hydrogens (tertiary/aromatic N) is 1. The van der Waals surface area contributed by atoms with Crippen molar-refractivity contribution in [1.82, 2.24) is 4.31 Å². The van der Waals surface area contributed by atoms with E-state index in [1.165, 1.54) is 4.31 Å². The van der Waals surface area contributed by atoms with Crippen molar-refractivity contribution in [3.8, 4) is 0 Å². The summed E-state index contributed by atoms with van der Waals surface area (Å²) in [6.45, 7) is 10.3. The molecular formula is C30H43NO9S. The zero-order valence-corrected chi connectivity index (χ0v) is 25.1. The second kappa shape index (κ2) is 9.42. The number of carbonyl (C=O) groups excluding carboxylic acids is 3. The van der Waals surface area contributed by atoms with Gasteiger partial charge in [-0.05, 0) is 55.4 Å². The number of piperidine rings is 1. The number of sulfonamides is 1. The Labute approximate surface area is 241 Å². The molecule has 0 aromatic rings. The number of ketones is 2. The number of hydrogen-bond acceptors (Lipinski definition) is 9. The molecule has 0 aromatic heterocycles. The number of Topliss-reactive ketones (excluding diaryl/α,β-unsaturated/α-hetero) is 2. The number of fused-ring (bicyclic) bond motifs is 2. The van der Waals surface area contributed by atoms with E-state index in [4.69, 9.17) is 9.47 Å². The second-order valence-electron chi connectivity index (χ2n) is 14.0. The predicted octanol–water partition coefficient (Wildman–Crippen LogP) is 1.98. The smallest absolute Gasteiger partial charge is 0.309 e. The Morgan fingerprint density at radius 1 is 1.17 bits per heavy atom. The maximum absolute atomic E-state index is 14.2. The highest BCUT2D eigenvalue weighted by atomic mass is 32.2. The van der Waals surface area contributed by atoms with Gasteiger partial charge in [-0.3, -0.25) is 14.4 Å². The first kappa shape index (κ1) is 29.4. The van der Waals surface area contributed by atoms with Crippen LogP contribution in [0.2, 0.25) is 0 Å². The molecule has 2 N–H and O–H groups in total. The van der Waals surface area contributed by atoms with Crippen LogP contribution < -0.4 is 0 Å². The summed E-state index contributed by atoms with van der Waals surface area (Å²) in [7, 11) is -3.39. The molecule has 2 spiro atoms. The second-order valence-corrected chi connectivity index (χ2v) is 16.1. The minimum Gasteiger partial charge on any atom is -0.460 e. The van der Waals surface area contributed by atoms with Crippen LogP contribution in [0.25, 0.3) is 0 Å². The van der Waals surface area contributed by atoms with Gasteiger partial charge in [-0.1, -0.05) is 33.8 Å². The van der Waals surface area contributed by atoms with Gasteiger partial charge >= 0.3 is 5.97 Å². The topological polar surface area (TPSA) is 148 Å². The first-order valence-corrected chi connectivity index (χ1v) is 16.8. The molecule has 0 aromatic carbocycles. The molecular weight excluding hydrogens is 550 g/mol. The van der Waals surface area contributed by atoms with Crippen LogP contribution in [-0.2, 0) is 33.9 Å². The van der Waals surface area contributed by atoms with Crippen LogP contribution in [0.1, 0.15) is 72.1 Å². The van der Waals surface area contributed by atoms with E-state index in [1.807, 2.05) is 20.8 Å². The number of rotatable bonds is 6. The summed E-state index contributed by atoms with van der Waals surface area (Å²) < 4.78 is 38.9. The summed E-state index contributed by atoms with van der Waals surface area (Å²) >= 11 is 0. The number of ether oxygens (including phenoxy) is 2. The molecule has 11 heteroatoms. The predicted molar refractivity (Wildman–Crippen MR) is 147 cm³/mol. The van der Waals surface area contributed by atoms with E-state index >= 15 is 0 Å². The quantitative estimate of drug-likeness (QED) is 0.348. The molecule has 228 valence electrons. The highest BCUT2D eigenvalue weighted by molar-refractivity contribution is 7.89. The van der Waals surface area contributed by atoms with E-state index in [9.17, 15) is 33.0 Å². The normalized spacial score (nSPS) is 44.0. The first-order valence-electron chi connectivity index (χ1n) is 15.2. The van der Waals surface area contributed by atoms with Crippen LogP contribution in [0.4, 0.5) is 0 Å². The molecule has 8 atom stereocenters. The number of aliphatic hydroxyl groups excluding tert-OH is 1. The average Bonchev–Trinajstić information content (AvgIpc) is 3.05. The Balaban J connectivity index is 1.32. The lowest BCUT2D eigenvalue weighted by Gasteiger charge is -2.73. The number of hydrogen-bond donors (Lipinski definition) is 2. The molecule has 4 aliphatic carbocycles. The molecule has 0 radical (unpaired) electrons. The van der Waals surface area contributed by atoms with Crippen LogP contribution in [0.5, 0.6) is 0 Å². The summed E-state index contributed by atoms with van der Waals surface area (Å²) in [5.41, 5.74) is -3.27. The van der Waals surface area contributed by atoms with Gasteiger partial charge in [0.15, 0.2) is 5.78 Å². The van der Waals surface area contributed by atoms with E-state index < -0.39 is 79.7 Å². The van der Waals surface area contributed by atoms with Crippen LogP contribution in [0.3, 0.4) is 0 Å². The van der Waals surface area contributed by atoms with E-state index in [0.717, 1.165) is 6.42 Å². The summed E-state index contributed by atoms with van der Waals surface area (Å²) in [4.78, 5) is 41.7. The van der Waals surface area contributed by atoms with Crippen molar-refractivity contribution in [3.63, 3.8) is 0 Å². The standard InChI is InChI=1S/C30H43NO9S/c1-5-6-15-41(37,38)31-13-10-18(11-14-31)26(35)40-25-19-7-8-20-28-16-39-30(36,29(20,25)23(33)17(19)2)24(34)22(28)27(3,4)12-9-21(28)32/h18-20,22,24-25,34,36H,2,5-16H2,1,3-4H3/t19-,20-,22+,24-,25+,28+,29-,30-/m0/s1. The molecule has 3 saturated heterocycles. The molecule has 0 amide bonds. The van der Waals surface area contributed by atoms with Crippen LogP contribution in [0.15, 0.2) is 12.2 Å². The molecule has 3 heterocycles. The molecule has 7 fully saturated rings. The lowest BCUT2D eigenvalue weighted by Crippen LogP contribution is -2.85. The fraction of sp³-hybridized carbons (Fsp3) is 0.833. The van der Waals surface area contributed by atoms with Gasteiger partial charge in [0.25, 0.3) is 0 Å². The zero-order chi connectivity index (χ0) is 29.8. The highest BCUT2D eigenvalue weighted by Crippen LogP contribution is 2.76. The lowest BCUT2D eigenvalue weighted by molar-refractivity contribution is -0.437. The van der Waals surface area contributed by atoms with Crippen molar-refractivity contribution in [2.24, 2.45) is 39.9 Å². The van der Waals surface area contributed by atoms with Gasteiger partial charge in [-0.25, -0.2) is 12.7 Å². The van der Waals surface area contributed by atoms with Crippen molar-refractivity contribution >= 4 is 27.6 Å². The van der Waals surface area contributed by atoms with Gasteiger partial charge in [-0.2, -0.15) is 0 Å². The fourth-order valence-electron chi connectivity index (χ4n) is 9.81. The third kappa shape index (κ3) is 3.62. The average molecular weight is 594 g/mol. The minimum absolute atomic E-state index is 0.0718. The van der Waals surface area contributed by atoms with Gasteiger partial charge < -0.3 is 19.7 Å². The monoisotopic (exact) mass is 593 g/mol. The van der Waals surface area contributed by atoms with Crippen LogP contribution >= 0.6 is 0 Å². The number of unbranched alkanes of at least 4 members (excludes halogenated alkanes) is 1. The van der Waals surface area contributed by atoms with Crippen LogP contribution in [-0.4, -0.2) is 83.9 Å². The molecule has 4 saturated carbocycles. The van der Waals surface area contributed by atoms with Crippen molar-refractivity contribution in [2.45, 2.75) is 90.1 Å². The Morgan fingerprint density at radius 3 is 2.51 bits per heavy atom. The molecule has 7 aliphatic rings. The number of esters is 1. The van der Waals surface area contributed by atoms with Crippen molar-refractivity contribution < 1.29 is 42.5 Å². The van der Waals surface area contributed by atoms with E-state index in [-0.39, 0.29) is 56.1 Å². The Kier molecular flexibility index (Phi) is 6.76. The molecule has 0 unspecified atom stereocenters. The zero-order valence-electron chi connectivity index (χ0n) is 24.3. The summed E-state index contributed by atoms with van der Waals surface area (Å²) in [6.07, 6.45) is 1.03. The molecule has 10 nitrogen and oxygen atoms in total. The largest absolute Gasteiger partial charge is 0.460 e. The fourth-order valence-corrected chi connectivity index (χ4v) is 11.5. The van der Waals surface area contributed by atoms with Gasteiger partial charge in [0.2, 0.25) is 15.8 Å². The molecule has 7 rings (SSSR count). The van der Waals surface area contributed by atoms with Crippen molar-refractivity contribution in [1.29, 1.82) is 0 Å². The molecule has 41 heavy (non-hydrogen) atoms. The highest BCUT2D eigenvalue weighted by Gasteiger charge is 2.88. The van der Waals surface area contributed by atoms with Crippen molar-refractivity contribution in [3.05, 3.63) is 12.2 Å². The molecule has 3 aliphatic heterocycles. The Bertz CT molecular complexity index is 1290. The third-order valence-corrected chi connectivity index (χ3v) is 13.8. The minimum atomic E-state index is -3.39. The summed E-state index contributed by atoms with van der Waals surface area (Å²) in [5.74, 6) is -5.79. The Morgan fingerprint density at radius 2 is 1.85 bits per heavy atom. The van der Waals surface area contributed by atoms with E-state index in [0.29, 0.717) is 25.7 Å². The van der Waals surface area contributed by atoms with E-state index in [1.54, 1.807) is 0 Å². The number of carbonyl (C=O) groups is 3. The summed E-state index contributed by atoms with van der Waals surface area (Å²) in [5, 5.41) is 24.1. The Hall–Kier alpha value is -1.66. The summed E-state index contributed by atoms with van der Waals surface area (Å²) in [6, 6.07) is 0. The first-order chi connectivity index (χ1) is 19.2.